The van der Waals surface area contributed by atoms with Gasteiger partial charge in [-0.2, -0.15) is 0 Å². The van der Waals surface area contributed by atoms with Crippen molar-refractivity contribution >= 4 is 5.91 Å². The Balaban J connectivity index is 2.59. The van der Waals surface area contributed by atoms with Crippen LogP contribution in [0.25, 0.3) is 0 Å². The Labute approximate surface area is 106 Å². The first kappa shape index (κ1) is 14.5. The summed E-state index contributed by atoms with van der Waals surface area (Å²) in [6.07, 6.45) is 7.74. The minimum Gasteiger partial charge on any atom is -0.343 e. The Morgan fingerprint density at radius 1 is 1.35 bits per heavy atom. The Morgan fingerprint density at radius 2 is 2.00 bits per heavy atom. The molecule has 0 heterocycles. The summed E-state index contributed by atoms with van der Waals surface area (Å²) in [6, 6.07) is 0.407. The molecule has 1 saturated carbocycles. The van der Waals surface area contributed by atoms with Gasteiger partial charge < -0.3 is 10.6 Å². The van der Waals surface area contributed by atoms with Gasteiger partial charge >= 0.3 is 0 Å². The number of nitrogens with zero attached hydrogens (tertiary/aromatic N) is 1. The molecule has 0 aliphatic heterocycles. The maximum atomic E-state index is 12.4. The zero-order valence-electron chi connectivity index (χ0n) is 11.6. The highest BCUT2D eigenvalue weighted by atomic mass is 16.2. The van der Waals surface area contributed by atoms with Crippen molar-refractivity contribution in [2.75, 3.05) is 7.05 Å². The lowest BCUT2D eigenvalue weighted by molar-refractivity contribution is -0.137. The van der Waals surface area contributed by atoms with Gasteiger partial charge in [-0.05, 0) is 26.2 Å². The van der Waals surface area contributed by atoms with Gasteiger partial charge in [0.2, 0.25) is 5.91 Å². The second-order valence-corrected chi connectivity index (χ2v) is 5.50. The van der Waals surface area contributed by atoms with Crippen molar-refractivity contribution in [2.45, 2.75) is 70.9 Å². The number of hydrogen-bond acceptors (Lipinski definition) is 2. The molecule has 1 rings (SSSR count). The maximum Gasteiger partial charge on any atom is 0.227 e. The molecule has 0 radical (unpaired) electrons. The highest BCUT2D eigenvalue weighted by molar-refractivity contribution is 5.79. The van der Waals surface area contributed by atoms with Crippen LogP contribution in [0.15, 0.2) is 0 Å². The first-order valence-corrected chi connectivity index (χ1v) is 7.10. The van der Waals surface area contributed by atoms with E-state index in [-0.39, 0.29) is 17.9 Å². The minimum atomic E-state index is 0.0572. The molecule has 1 aliphatic carbocycles. The number of hydrogen-bond donors (Lipinski definition) is 1. The summed E-state index contributed by atoms with van der Waals surface area (Å²) < 4.78 is 0. The molecule has 0 saturated heterocycles. The highest BCUT2D eigenvalue weighted by Gasteiger charge is 2.30. The van der Waals surface area contributed by atoms with Gasteiger partial charge in [-0.1, -0.05) is 32.6 Å². The molecule has 1 aliphatic rings. The van der Waals surface area contributed by atoms with Crippen molar-refractivity contribution in [2.24, 2.45) is 11.7 Å². The Morgan fingerprint density at radius 3 is 2.65 bits per heavy atom. The van der Waals surface area contributed by atoms with E-state index in [1.165, 1.54) is 12.8 Å². The van der Waals surface area contributed by atoms with E-state index >= 15 is 0 Å². The van der Waals surface area contributed by atoms with Gasteiger partial charge in [0.25, 0.3) is 0 Å². The monoisotopic (exact) mass is 240 g/mol. The van der Waals surface area contributed by atoms with Crippen LogP contribution >= 0.6 is 0 Å². The van der Waals surface area contributed by atoms with Crippen molar-refractivity contribution in [3.8, 4) is 0 Å². The summed E-state index contributed by atoms with van der Waals surface area (Å²) in [6.45, 7) is 4.29. The van der Waals surface area contributed by atoms with E-state index in [0.29, 0.717) is 6.04 Å². The summed E-state index contributed by atoms with van der Waals surface area (Å²) in [5.74, 6) is 0.321. The van der Waals surface area contributed by atoms with Gasteiger partial charge in [0.05, 0.1) is 5.92 Å². The number of carbonyl (C=O) groups excluding carboxylic acids is 1. The SMILES string of the molecule is CCCC(C)N(C)C(=O)C1CCCCCC1N. The van der Waals surface area contributed by atoms with Crippen LogP contribution in [0.5, 0.6) is 0 Å². The summed E-state index contributed by atoms with van der Waals surface area (Å²) in [5, 5.41) is 0. The average molecular weight is 240 g/mol. The Bertz CT molecular complexity index is 242. The maximum absolute atomic E-state index is 12.4. The molecule has 2 N–H and O–H groups in total. The van der Waals surface area contributed by atoms with E-state index in [0.717, 1.165) is 32.1 Å². The van der Waals surface area contributed by atoms with Crippen LogP contribution < -0.4 is 5.73 Å². The highest BCUT2D eigenvalue weighted by Crippen LogP contribution is 2.24. The predicted octanol–water partition coefficient (Wildman–Crippen LogP) is 2.54. The zero-order chi connectivity index (χ0) is 12.8. The van der Waals surface area contributed by atoms with Crippen molar-refractivity contribution < 1.29 is 4.79 Å². The molecule has 1 fully saturated rings. The third kappa shape index (κ3) is 3.98. The lowest BCUT2D eigenvalue weighted by atomic mass is 9.93. The Kier molecular flexibility index (Phi) is 5.96. The first-order valence-electron chi connectivity index (χ1n) is 7.10. The summed E-state index contributed by atoms with van der Waals surface area (Å²) in [4.78, 5) is 14.3. The van der Waals surface area contributed by atoms with Crippen LogP contribution in [0.3, 0.4) is 0 Å². The van der Waals surface area contributed by atoms with Crippen LogP contribution in [-0.2, 0) is 4.79 Å². The van der Waals surface area contributed by atoms with E-state index < -0.39 is 0 Å². The van der Waals surface area contributed by atoms with Gasteiger partial charge in [0.1, 0.15) is 0 Å². The largest absolute Gasteiger partial charge is 0.343 e. The average Bonchev–Trinajstić information content (AvgIpc) is 2.52. The molecule has 3 unspecified atom stereocenters. The van der Waals surface area contributed by atoms with Crippen LogP contribution in [0.2, 0.25) is 0 Å². The van der Waals surface area contributed by atoms with Gasteiger partial charge in [-0.3, -0.25) is 4.79 Å². The van der Waals surface area contributed by atoms with E-state index in [2.05, 4.69) is 13.8 Å². The predicted molar refractivity (Wildman–Crippen MR) is 71.7 cm³/mol. The summed E-state index contributed by atoms with van der Waals surface area (Å²) >= 11 is 0. The second kappa shape index (κ2) is 7.00. The third-order valence-electron chi connectivity index (χ3n) is 4.10. The van der Waals surface area contributed by atoms with Crippen molar-refractivity contribution in [3.05, 3.63) is 0 Å². The van der Waals surface area contributed by atoms with Gasteiger partial charge in [0.15, 0.2) is 0 Å². The fraction of sp³-hybridized carbons (Fsp3) is 0.929. The van der Waals surface area contributed by atoms with Crippen molar-refractivity contribution in [1.29, 1.82) is 0 Å². The summed E-state index contributed by atoms with van der Waals surface area (Å²) in [5.41, 5.74) is 6.14. The molecular formula is C14H28N2O. The first-order chi connectivity index (χ1) is 8.07. The normalized spacial score (nSPS) is 27.3. The van der Waals surface area contributed by atoms with Gasteiger partial charge in [-0.15, -0.1) is 0 Å². The van der Waals surface area contributed by atoms with Crippen molar-refractivity contribution in [1.82, 2.24) is 4.90 Å². The standard InChI is InChI=1S/C14H28N2O/c1-4-8-11(2)16(3)14(17)12-9-6-5-7-10-13(12)15/h11-13H,4-10,15H2,1-3H3. The van der Waals surface area contributed by atoms with Crippen LogP contribution in [0.4, 0.5) is 0 Å². The minimum absolute atomic E-state index is 0.0572. The molecular weight excluding hydrogens is 212 g/mol. The van der Waals surface area contributed by atoms with E-state index in [4.69, 9.17) is 5.73 Å². The van der Waals surface area contributed by atoms with E-state index in [1.54, 1.807) is 0 Å². The van der Waals surface area contributed by atoms with Gasteiger partial charge in [-0.25, -0.2) is 0 Å². The molecule has 17 heavy (non-hydrogen) atoms. The molecule has 0 aromatic heterocycles. The molecule has 3 nitrogen and oxygen atoms in total. The smallest absolute Gasteiger partial charge is 0.227 e. The molecule has 3 heteroatoms. The van der Waals surface area contributed by atoms with E-state index in [9.17, 15) is 4.79 Å². The second-order valence-electron chi connectivity index (χ2n) is 5.50. The fourth-order valence-corrected chi connectivity index (χ4v) is 2.73. The molecule has 100 valence electrons. The third-order valence-corrected chi connectivity index (χ3v) is 4.10. The molecule has 0 aromatic carbocycles. The number of amides is 1. The quantitative estimate of drug-likeness (QED) is 0.768. The summed E-state index contributed by atoms with van der Waals surface area (Å²) in [7, 11) is 1.93. The molecule has 3 atom stereocenters. The van der Waals surface area contributed by atoms with Crippen LogP contribution in [-0.4, -0.2) is 29.9 Å². The van der Waals surface area contributed by atoms with Gasteiger partial charge in [0, 0.05) is 19.1 Å². The topological polar surface area (TPSA) is 46.3 Å². The lowest BCUT2D eigenvalue weighted by Crippen LogP contribution is -2.45. The molecule has 0 spiro atoms. The number of nitrogens with two attached hydrogens (primary N) is 1. The molecule has 0 bridgehead atoms. The number of rotatable bonds is 4. The molecule has 1 amide bonds. The van der Waals surface area contributed by atoms with E-state index in [1.807, 2.05) is 11.9 Å². The fourth-order valence-electron chi connectivity index (χ4n) is 2.73. The number of carbonyl (C=O) groups is 1. The lowest BCUT2D eigenvalue weighted by Gasteiger charge is -2.30. The zero-order valence-corrected chi connectivity index (χ0v) is 11.6. The Hall–Kier alpha value is -0.570. The molecule has 0 aromatic rings. The van der Waals surface area contributed by atoms with Crippen LogP contribution in [0, 0.1) is 5.92 Å². The van der Waals surface area contributed by atoms with Crippen LogP contribution in [0.1, 0.15) is 58.8 Å². The van der Waals surface area contributed by atoms with Crippen molar-refractivity contribution in [3.63, 3.8) is 0 Å².